The van der Waals surface area contributed by atoms with E-state index in [-0.39, 0.29) is 5.75 Å². The largest absolute Gasteiger partial charge is 0.573 e. The van der Waals surface area contributed by atoms with Crippen LogP contribution in [0.5, 0.6) is 11.5 Å². The van der Waals surface area contributed by atoms with Crippen molar-refractivity contribution in [2.75, 3.05) is 7.11 Å². The Labute approximate surface area is 182 Å². The summed E-state index contributed by atoms with van der Waals surface area (Å²) in [5, 5.41) is 9.77. The van der Waals surface area contributed by atoms with Gasteiger partial charge in [-0.2, -0.15) is 0 Å². The molecule has 0 aliphatic rings. The number of nitrogens with zero attached hydrogens (tertiary/aromatic N) is 1. The number of rotatable bonds is 7. The molecule has 0 aromatic heterocycles. The molecule has 166 valence electrons. The molecule has 1 N–H and O–H groups in total. The van der Waals surface area contributed by atoms with E-state index in [1.165, 1.54) is 31.4 Å². The smallest absolute Gasteiger partial charge is 0.497 e. The monoisotopic (exact) mass is 443 g/mol. The molecule has 3 rings (SSSR count). The number of aliphatic imine (C=N–C) groups is 1. The lowest BCUT2D eigenvalue weighted by Crippen LogP contribution is -2.19. The highest BCUT2D eigenvalue weighted by molar-refractivity contribution is 6.06. The molecule has 1 atom stereocenters. The molecule has 0 heterocycles. The fourth-order valence-electron chi connectivity index (χ4n) is 3.23. The number of benzene rings is 3. The highest BCUT2D eigenvalue weighted by Crippen LogP contribution is 2.29. The lowest BCUT2D eigenvalue weighted by Gasteiger charge is -2.14. The molecule has 0 saturated heterocycles. The van der Waals surface area contributed by atoms with E-state index in [9.17, 15) is 23.1 Å². The summed E-state index contributed by atoms with van der Waals surface area (Å²) in [5.41, 5.74) is 2.89. The van der Waals surface area contributed by atoms with Crippen LogP contribution in [0.25, 0.3) is 11.1 Å². The molecule has 0 bridgehead atoms. The van der Waals surface area contributed by atoms with E-state index in [1.807, 2.05) is 0 Å². The second-order valence-corrected chi connectivity index (χ2v) is 6.92. The maximum absolute atomic E-state index is 12.3. The summed E-state index contributed by atoms with van der Waals surface area (Å²) in [6.45, 7) is 1.64. The Morgan fingerprint density at radius 3 is 2.06 bits per heavy atom. The van der Waals surface area contributed by atoms with Crippen LogP contribution in [0.1, 0.15) is 18.4 Å². The SMILES string of the molecule is COc1cccc(N=C(C)C(C(=O)O)c2ccc(-c3ccc(OC(F)(F)F)cc3)cc2)c1. The lowest BCUT2D eigenvalue weighted by atomic mass is 9.93. The molecule has 3 aromatic rings. The third kappa shape index (κ3) is 5.87. The maximum Gasteiger partial charge on any atom is 0.573 e. The number of halogens is 3. The Hall–Kier alpha value is -3.81. The van der Waals surface area contributed by atoms with Gasteiger partial charge in [-0.05, 0) is 47.9 Å². The summed E-state index contributed by atoms with van der Waals surface area (Å²) in [4.78, 5) is 16.4. The molecule has 3 aromatic carbocycles. The van der Waals surface area contributed by atoms with Gasteiger partial charge in [0.1, 0.15) is 17.4 Å². The number of carboxylic acids is 1. The van der Waals surface area contributed by atoms with Crippen LogP contribution in [0.2, 0.25) is 0 Å². The first kappa shape index (κ1) is 22.9. The Bertz CT molecular complexity index is 1110. The van der Waals surface area contributed by atoms with E-state index in [0.717, 1.165) is 5.56 Å². The van der Waals surface area contributed by atoms with Gasteiger partial charge in [0.05, 0.1) is 12.8 Å². The van der Waals surface area contributed by atoms with E-state index < -0.39 is 18.2 Å². The molecule has 0 radical (unpaired) electrons. The van der Waals surface area contributed by atoms with Crippen LogP contribution in [0, 0.1) is 0 Å². The van der Waals surface area contributed by atoms with Crippen molar-refractivity contribution >= 4 is 17.4 Å². The predicted octanol–water partition coefficient (Wildman–Crippen LogP) is 6.22. The third-order valence-electron chi connectivity index (χ3n) is 4.69. The Balaban J connectivity index is 1.83. The molecule has 1 unspecified atom stereocenters. The van der Waals surface area contributed by atoms with Gasteiger partial charge in [0.15, 0.2) is 0 Å². The van der Waals surface area contributed by atoms with Crippen LogP contribution in [-0.4, -0.2) is 30.3 Å². The van der Waals surface area contributed by atoms with Gasteiger partial charge in [-0.3, -0.25) is 9.79 Å². The number of aliphatic carboxylic acids is 1. The molecule has 0 saturated carbocycles. The lowest BCUT2D eigenvalue weighted by molar-refractivity contribution is -0.274. The minimum absolute atomic E-state index is 0.312. The highest BCUT2D eigenvalue weighted by atomic mass is 19.4. The van der Waals surface area contributed by atoms with E-state index >= 15 is 0 Å². The summed E-state index contributed by atoms with van der Waals surface area (Å²) in [7, 11) is 1.54. The molecular weight excluding hydrogens is 423 g/mol. The number of carboxylic acid groups (broad SMARTS) is 1. The van der Waals surface area contributed by atoms with Gasteiger partial charge in [-0.1, -0.05) is 42.5 Å². The zero-order valence-corrected chi connectivity index (χ0v) is 17.3. The zero-order chi connectivity index (χ0) is 23.3. The predicted molar refractivity (Wildman–Crippen MR) is 115 cm³/mol. The summed E-state index contributed by atoms with van der Waals surface area (Å²) < 4.78 is 46.0. The number of hydrogen-bond donors (Lipinski definition) is 1. The minimum Gasteiger partial charge on any atom is -0.497 e. The molecule has 8 heteroatoms. The van der Waals surface area contributed by atoms with Gasteiger partial charge in [0.2, 0.25) is 0 Å². The number of ether oxygens (including phenoxy) is 2. The van der Waals surface area contributed by atoms with Crippen molar-refractivity contribution in [3.63, 3.8) is 0 Å². The summed E-state index contributed by atoms with van der Waals surface area (Å²) in [6, 6.07) is 19.2. The molecule has 0 aliphatic heterocycles. The normalized spacial score (nSPS) is 12.8. The van der Waals surface area contributed by atoms with Crippen molar-refractivity contribution in [3.05, 3.63) is 78.4 Å². The first-order valence-corrected chi connectivity index (χ1v) is 9.54. The van der Waals surface area contributed by atoms with E-state index in [0.29, 0.717) is 28.3 Å². The van der Waals surface area contributed by atoms with Gasteiger partial charge in [-0.15, -0.1) is 13.2 Å². The number of carbonyl (C=O) groups is 1. The Kier molecular flexibility index (Phi) is 6.82. The fourth-order valence-corrected chi connectivity index (χ4v) is 3.23. The van der Waals surface area contributed by atoms with Crippen molar-refractivity contribution in [1.82, 2.24) is 0 Å². The first-order valence-electron chi connectivity index (χ1n) is 9.54. The van der Waals surface area contributed by atoms with Crippen LogP contribution >= 0.6 is 0 Å². The molecular formula is C24H20F3NO4. The van der Waals surface area contributed by atoms with Gasteiger partial charge < -0.3 is 14.6 Å². The van der Waals surface area contributed by atoms with Crippen LogP contribution < -0.4 is 9.47 Å². The Morgan fingerprint density at radius 1 is 0.938 bits per heavy atom. The summed E-state index contributed by atoms with van der Waals surface area (Å²) in [5.74, 6) is -1.71. The fraction of sp³-hybridized carbons (Fsp3) is 0.167. The zero-order valence-electron chi connectivity index (χ0n) is 17.3. The van der Waals surface area contributed by atoms with E-state index in [4.69, 9.17) is 4.74 Å². The maximum atomic E-state index is 12.3. The van der Waals surface area contributed by atoms with Crippen molar-refractivity contribution in [2.24, 2.45) is 4.99 Å². The average molecular weight is 443 g/mol. The molecule has 0 aliphatic carbocycles. The highest BCUT2D eigenvalue weighted by Gasteiger charge is 2.31. The average Bonchev–Trinajstić information content (AvgIpc) is 2.74. The summed E-state index contributed by atoms with van der Waals surface area (Å²) in [6.07, 6.45) is -4.75. The second kappa shape index (κ2) is 9.55. The number of hydrogen-bond acceptors (Lipinski definition) is 4. The molecule has 0 amide bonds. The van der Waals surface area contributed by atoms with Crippen LogP contribution in [0.3, 0.4) is 0 Å². The minimum atomic E-state index is -4.75. The van der Waals surface area contributed by atoms with E-state index in [2.05, 4.69) is 9.73 Å². The second-order valence-electron chi connectivity index (χ2n) is 6.92. The quantitative estimate of drug-likeness (QED) is 0.440. The van der Waals surface area contributed by atoms with Crippen molar-refractivity contribution in [1.29, 1.82) is 0 Å². The topological polar surface area (TPSA) is 68.1 Å². The van der Waals surface area contributed by atoms with Crippen molar-refractivity contribution in [3.8, 4) is 22.6 Å². The first-order chi connectivity index (χ1) is 15.2. The number of methoxy groups -OCH3 is 1. The third-order valence-corrected chi connectivity index (χ3v) is 4.69. The standard InChI is InChI=1S/C24H20F3NO4/c1-15(28-19-4-3-5-21(14-19)31-2)22(23(29)30)18-8-6-16(7-9-18)17-10-12-20(13-11-17)32-24(25,26)27/h3-14,22H,1-2H3,(H,29,30). The molecule has 5 nitrogen and oxygen atoms in total. The van der Waals surface area contributed by atoms with Crippen molar-refractivity contribution < 1.29 is 32.5 Å². The van der Waals surface area contributed by atoms with Crippen LogP contribution in [0.4, 0.5) is 18.9 Å². The van der Waals surface area contributed by atoms with Crippen LogP contribution in [0.15, 0.2) is 77.8 Å². The van der Waals surface area contributed by atoms with E-state index in [1.54, 1.807) is 55.5 Å². The Morgan fingerprint density at radius 2 is 1.53 bits per heavy atom. The van der Waals surface area contributed by atoms with Crippen molar-refractivity contribution in [2.45, 2.75) is 19.2 Å². The van der Waals surface area contributed by atoms with Gasteiger partial charge >= 0.3 is 12.3 Å². The molecule has 32 heavy (non-hydrogen) atoms. The van der Waals surface area contributed by atoms with Crippen LogP contribution in [-0.2, 0) is 4.79 Å². The summed E-state index contributed by atoms with van der Waals surface area (Å²) >= 11 is 0. The van der Waals surface area contributed by atoms with Gasteiger partial charge in [-0.25, -0.2) is 0 Å². The number of alkyl halides is 3. The van der Waals surface area contributed by atoms with Gasteiger partial charge in [0.25, 0.3) is 0 Å². The molecule has 0 spiro atoms. The molecule has 0 fully saturated rings. The van der Waals surface area contributed by atoms with Gasteiger partial charge in [0, 0.05) is 11.8 Å².